The Hall–Kier alpha value is -2.55. The summed E-state index contributed by atoms with van der Waals surface area (Å²) in [6.07, 6.45) is -2.28. The average Bonchev–Trinajstić information content (AvgIpc) is 3.24. The predicted molar refractivity (Wildman–Crippen MR) is 138 cm³/mol. The zero-order chi connectivity index (χ0) is 28.2. The number of hydrogen-bond donors (Lipinski definition) is 1. The molecular formula is C26H30F4N6O3S. The summed E-state index contributed by atoms with van der Waals surface area (Å²) in [5, 5.41) is 12.7. The third-order valence-corrected chi connectivity index (χ3v) is 8.41. The van der Waals surface area contributed by atoms with Crippen molar-refractivity contribution in [1.82, 2.24) is 25.0 Å². The molecule has 2 aromatic heterocycles. The zero-order valence-corrected chi connectivity index (χ0v) is 23.0. The first-order valence-corrected chi connectivity index (χ1v) is 14.3. The van der Waals surface area contributed by atoms with Crippen molar-refractivity contribution in [3.05, 3.63) is 35.4 Å². The molecule has 6 atom stereocenters. The summed E-state index contributed by atoms with van der Waals surface area (Å²) in [5.41, 5.74) is 1.63. The molecule has 1 N–H and O–H groups in total. The molecule has 2 aliphatic carbocycles. The van der Waals surface area contributed by atoms with Gasteiger partial charge in [0.05, 0.1) is 12.1 Å². The minimum Gasteiger partial charge on any atom is -0.369 e. The first kappa shape index (κ1) is 27.6. The fourth-order valence-corrected chi connectivity index (χ4v) is 6.23. The highest BCUT2D eigenvalue weighted by Crippen LogP contribution is 2.47. The molecule has 0 radical (unpaired) electrons. The highest BCUT2D eigenvalue weighted by molar-refractivity contribution is 7.99. The van der Waals surface area contributed by atoms with Gasteiger partial charge in [-0.25, -0.2) is 32.2 Å². The topological polar surface area (TPSA) is 96.2 Å². The van der Waals surface area contributed by atoms with Crippen molar-refractivity contribution in [2.24, 2.45) is 0 Å². The van der Waals surface area contributed by atoms with E-state index in [9.17, 15) is 17.6 Å². The van der Waals surface area contributed by atoms with Crippen LogP contribution in [0.15, 0.2) is 23.4 Å². The lowest BCUT2D eigenvalue weighted by Gasteiger charge is -2.23. The van der Waals surface area contributed by atoms with Gasteiger partial charge in [-0.15, -0.1) is 5.10 Å². The van der Waals surface area contributed by atoms with E-state index in [-0.39, 0.29) is 12.0 Å². The largest absolute Gasteiger partial charge is 0.369 e. The minimum absolute atomic E-state index is 0.00324. The molecule has 3 heterocycles. The van der Waals surface area contributed by atoms with E-state index in [2.05, 4.69) is 22.6 Å². The summed E-state index contributed by atoms with van der Waals surface area (Å²) >= 11 is 1.50. The van der Waals surface area contributed by atoms with Gasteiger partial charge >= 0.3 is 0 Å². The molecule has 6 rings (SSSR count). The fourth-order valence-electron chi connectivity index (χ4n) is 5.54. The normalized spacial score (nSPS) is 28.9. The molecule has 1 unspecified atom stereocenters. The summed E-state index contributed by atoms with van der Waals surface area (Å²) in [6.45, 7) is 4.91. The second-order valence-electron chi connectivity index (χ2n) is 10.8. The number of nitrogens with zero attached hydrogens (tertiary/aromatic N) is 5. The molecule has 3 aromatic rings. The van der Waals surface area contributed by atoms with Gasteiger partial charge in [0.15, 0.2) is 39.6 Å². The Morgan fingerprint density at radius 1 is 1.15 bits per heavy atom. The van der Waals surface area contributed by atoms with Crippen molar-refractivity contribution >= 4 is 28.7 Å². The number of ether oxygens (including phenoxy) is 3. The van der Waals surface area contributed by atoms with Gasteiger partial charge in [-0.2, -0.15) is 0 Å². The van der Waals surface area contributed by atoms with Crippen LogP contribution in [0.4, 0.5) is 23.4 Å². The molecule has 0 spiro atoms. The second-order valence-corrected chi connectivity index (χ2v) is 11.9. The molecule has 9 nitrogen and oxygen atoms in total. The number of thioether (sulfide) groups is 1. The van der Waals surface area contributed by atoms with Gasteiger partial charge in [-0.05, 0) is 44.4 Å². The third kappa shape index (κ3) is 5.38. The Morgan fingerprint density at radius 3 is 2.70 bits per heavy atom. The molecular weight excluding hydrogens is 552 g/mol. The molecule has 0 bridgehead atoms. The smallest absolute Gasteiger partial charge is 0.261 e. The third-order valence-electron chi connectivity index (χ3n) is 7.36. The number of alkyl halides is 2. The molecule has 216 valence electrons. The summed E-state index contributed by atoms with van der Waals surface area (Å²) in [4.78, 5) is 9.45. The van der Waals surface area contributed by atoms with Crippen molar-refractivity contribution in [3.63, 3.8) is 0 Å². The summed E-state index contributed by atoms with van der Waals surface area (Å²) in [5.74, 6) is -1.37. The van der Waals surface area contributed by atoms with Crippen LogP contribution in [0.2, 0.25) is 0 Å². The quantitative estimate of drug-likeness (QED) is 0.199. The molecule has 0 amide bonds. The van der Waals surface area contributed by atoms with Crippen LogP contribution in [0.25, 0.3) is 11.2 Å². The lowest BCUT2D eigenvalue weighted by Crippen LogP contribution is -2.32. The van der Waals surface area contributed by atoms with Gasteiger partial charge in [-0.3, -0.25) is 0 Å². The van der Waals surface area contributed by atoms with E-state index in [1.54, 1.807) is 24.6 Å². The second kappa shape index (κ2) is 10.7. The maximum absolute atomic E-state index is 13.8. The van der Waals surface area contributed by atoms with Crippen LogP contribution >= 0.6 is 11.8 Å². The van der Waals surface area contributed by atoms with Gasteiger partial charge in [0.2, 0.25) is 0 Å². The van der Waals surface area contributed by atoms with Gasteiger partial charge in [-0.1, -0.05) is 30.0 Å². The SMILES string of the molecule is CCCSc1nc(N[C@@H]2C[C@H]2c2ccc(F)c(F)c2)c2nnn([C@@H]3C[C@H](OCC(F)F)C4OC(C)(C)O[C@H]43)c2n1. The maximum Gasteiger partial charge on any atom is 0.261 e. The van der Waals surface area contributed by atoms with E-state index in [4.69, 9.17) is 24.2 Å². The highest BCUT2D eigenvalue weighted by Gasteiger charge is 2.56. The van der Waals surface area contributed by atoms with E-state index in [0.29, 0.717) is 34.1 Å². The Kier molecular flexibility index (Phi) is 7.38. The number of benzene rings is 1. The Bertz CT molecular complexity index is 1390. The van der Waals surface area contributed by atoms with Crippen LogP contribution in [-0.2, 0) is 14.2 Å². The Labute approximate surface area is 232 Å². The van der Waals surface area contributed by atoms with Crippen molar-refractivity contribution in [3.8, 4) is 0 Å². The van der Waals surface area contributed by atoms with Gasteiger partial charge in [0, 0.05) is 24.1 Å². The van der Waals surface area contributed by atoms with Crippen molar-refractivity contribution in [2.75, 3.05) is 17.7 Å². The van der Waals surface area contributed by atoms with Crippen LogP contribution < -0.4 is 5.32 Å². The minimum atomic E-state index is -2.60. The Morgan fingerprint density at radius 2 is 1.95 bits per heavy atom. The van der Waals surface area contributed by atoms with Gasteiger partial charge < -0.3 is 19.5 Å². The van der Waals surface area contributed by atoms with E-state index in [1.807, 2.05) is 0 Å². The number of hydrogen-bond acceptors (Lipinski definition) is 9. The summed E-state index contributed by atoms with van der Waals surface area (Å²) < 4.78 is 72.5. The van der Waals surface area contributed by atoms with Gasteiger partial charge in [0.1, 0.15) is 18.8 Å². The number of rotatable bonds is 10. The van der Waals surface area contributed by atoms with Crippen LogP contribution in [0.1, 0.15) is 57.6 Å². The van der Waals surface area contributed by atoms with E-state index in [0.717, 1.165) is 24.7 Å². The molecule has 1 aliphatic heterocycles. The monoisotopic (exact) mass is 582 g/mol. The number of anilines is 1. The molecule has 3 fully saturated rings. The number of aromatic nitrogens is 5. The Balaban J connectivity index is 1.30. The van der Waals surface area contributed by atoms with Crippen molar-refractivity contribution in [1.29, 1.82) is 0 Å². The average molecular weight is 583 g/mol. The van der Waals surface area contributed by atoms with Crippen molar-refractivity contribution < 1.29 is 31.8 Å². The molecule has 1 aromatic carbocycles. The van der Waals surface area contributed by atoms with Gasteiger partial charge in [0.25, 0.3) is 6.43 Å². The van der Waals surface area contributed by atoms with E-state index < -0.39 is 54.8 Å². The van der Waals surface area contributed by atoms with Crippen LogP contribution in [-0.4, -0.2) is 73.9 Å². The van der Waals surface area contributed by atoms with Crippen LogP contribution in [0, 0.1) is 11.6 Å². The first-order chi connectivity index (χ1) is 19.1. The molecule has 1 saturated heterocycles. The lowest BCUT2D eigenvalue weighted by atomic mass is 10.1. The predicted octanol–water partition coefficient (Wildman–Crippen LogP) is 5.08. The van der Waals surface area contributed by atoms with E-state index in [1.165, 1.54) is 17.8 Å². The summed E-state index contributed by atoms with van der Waals surface area (Å²) in [7, 11) is 0. The molecule has 3 aliphatic rings. The highest BCUT2D eigenvalue weighted by atomic mass is 32.2. The summed E-state index contributed by atoms with van der Waals surface area (Å²) in [6, 6.07) is 3.49. The first-order valence-electron chi connectivity index (χ1n) is 13.4. The number of nitrogens with one attached hydrogen (secondary N) is 1. The van der Waals surface area contributed by atoms with Crippen LogP contribution in [0.5, 0.6) is 0 Å². The zero-order valence-electron chi connectivity index (χ0n) is 22.2. The number of fused-ring (bicyclic) bond motifs is 2. The van der Waals surface area contributed by atoms with Crippen LogP contribution in [0.3, 0.4) is 0 Å². The fraction of sp³-hybridized carbons (Fsp3) is 0.615. The van der Waals surface area contributed by atoms with Crippen molar-refractivity contribution in [2.45, 2.75) is 93.7 Å². The lowest BCUT2D eigenvalue weighted by molar-refractivity contribution is -0.173. The molecule has 40 heavy (non-hydrogen) atoms. The maximum atomic E-state index is 13.8. The molecule has 14 heteroatoms. The van der Waals surface area contributed by atoms with E-state index >= 15 is 0 Å². The molecule has 2 saturated carbocycles. The number of halogens is 4. The standard InChI is InChI=1S/C26H30F4N6O3S/c1-4-7-40-25-32-23(31-16-9-13(16)12-5-6-14(27)15(28)8-12)20-24(33-25)36(35-34-20)17-10-18(37-11-19(29)30)22-21(17)38-26(2,3)39-22/h5-6,8,13,16-19,21-22H,4,7,9-11H2,1-3H3,(H,31,32,33)/t13-,16+,17+,18-,21-,22?/m0/s1.